The number of nitrogens with zero attached hydrogens (tertiary/aromatic N) is 2. The Balaban J connectivity index is 2.22. The summed E-state index contributed by atoms with van der Waals surface area (Å²) >= 11 is 0. The molecule has 7 nitrogen and oxygen atoms in total. The quantitative estimate of drug-likeness (QED) is 0.419. The molecule has 0 saturated carbocycles. The van der Waals surface area contributed by atoms with Crippen molar-refractivity contribution < 1.29 is 9.53 Å². The molecule has 0 spiro atoms. The highest BCUT2D eigenvalue weighted by Crippen LogP contribution is 2.25. The van der Waals surface area contributed by atoms with Crippen molar-refractivity contribution in [3.8, 4) is 11.4 Å². The fourth-order valence-corrected chi connectivity index (χ4v) is 2.61. The molecule has 0 bridgehead atoms. The highest BCUT2D eigenvalue weighted by molar-refractivity contribution is 5.75. The molecule has 0 aliphatic carbocycles. The number of allylic oxidation sites excluding steroid dienone is 2. The van der Waals surface area contributed by atoms with Crippen molar-refractivity contribution in [1.82, 2.24) is 15.3 Å². The Morgan fingerprint density at radius 1 is 1.17 bits per heavy atom. The van der Waals surface area contributed by atoms with Gasteiger partial charge < -0.3 is 21.1 Å². The minimum absolute atomic E-state index is 0.0771. The van der Waals surface area contributed by atoms with E-state index in [1.165, 1.54) is 6.92 Å². The monoisotopic (exact) mass is 395 g/mol. The zero-order chi connectivity index (χ0) is 21.1. The molecule has 0 saturated heterocycles. The second kappa shape index (κ2) is 11.5. The number of nitrogen functional groups attached to an aromatic ring is 1. The van der Waals surface area contributed by atoms with Crippen molar-refractivity contribution in [3.05, 3.63) is 53.8 Å². The van der Waals surface area contributed by atoms with Crippen molar-refractivity contribution in [2.24, 2.45) is 0 Å². The van der Waals surface area contributed by atoms with Gasteiger partial charge in [-0.15, -0.1) is 0 Å². The van der Waals surface area contributed by atoms with Gasteiger partial charge in [0.25, 0.3) is 0 Å². The molecule has 0 aliphatic rings. The summed E-state index contributed by atoms with van der Waals surface area (Å²) in [5.41, 5.74) is 7.80. The van der Waals surface area contributed by atoms with Gasteiger partial charge in [-0.3, -0.25) is 4.79 Å². The van der Waals surface area contributed by atoms with E-state index in [1.807, 2.05) is 55.5 Å². The lowest BCUT2D eigenvalue weighted by atomic mass is 10.2. The predicted octanol–water partition coefficient (Wildman–Crippen LogP) is 3.62. The normalized spacial score (nSPS) is 11.5. The van der Waals surface area contributed by atoms with Crippen LogP contribution >= 0.6 is 0 Å². The number of carbonyl (C=O) groups excluding carboxylic acids is 1. The van der Waals surface area contributed by atoms with Crippen LogP contribution in [-0.4, -0.2) is 35.6 Å². The SMILES string of the molecule is CC/C=C(\C)OC/C=C/c1c(N)nc(-c2ccccc2)nc1NCCNC(C)=O. The summed E-state index contributed by atoms with van der Waals surface area (Å²) in [7, 11) is 0. The summed E-state index contributed by atoms with van der Waals surface area (Å²) in [6, 6.07) is 9.65. The van der Waals surface area contributed by atoms with Gasteiger partial charge in [0.15, 0.2) is 5.82 Å². The molecular formula is C22H29N5O2. The second-order valence-corrected chi connectivity index (χ2v) is 6.41. The summed E-state index contributed by atoms with van der Waals surface area (Å²) in [6.07, 6.45) is 6.68. The Morgan fingerprint density at radius 2 is 1.93 bits per heavy atom. The van der Waals surface area contributed by atoms with Crippen LogP contribution in [0.1, 0.15) is 32.8 Å². The van der Waals surface area contributed by atoms with Crippen LogP contribution in [-0.2, 0) is 9.53 Å². The third kappa shape index (κ3) is 7.29. The third-order valence-corrected chi connectivity index (χ3v) is 3.98. The van der Waals surface area contributed by atoms with Gasteiger partial charge in [0.2, 0.25) is 5.91 Å². The van der Waals surface area contributed by atoms with Crippen molar-refractivity contribution in [3.63, 3.8) is 0 Å². The van der Waals surface area contributed by atoms with Crippen molar-refractivity contribution in [1.29, 1.82) is 0 Å². The van der Waals surface area contributed by atoms with E-state index in [4.69, 9.17) is 10.5 Å². The Hall–Kier alpha value is -3.35. The Morgan fingerprint density at radius 3 is 2.62 bits per heavy atom. The number of amides is 1. The van der Waals surface area contributed by atoms with Crippen LogP contribution in [0, 0.1) is 0 Å². The number of hydrogen-bond donors (Lipinski definition) is 3. The average Bonchev–Trinajstić information content (AvgIpc) is 2.70. The minimum Gasteiger partial charge on any atom is -0.495 e. The fourth-order valence-electron chi connectivity index (χ4n) is 2.61. The molecule has 0 atom stereocenters. The lowest BCUT2D eigenvalue weighted by Gasteiger charge is -2.13. The smallest absolute Gasteiger partial charge is 0.216 e. The largest absolute Gasteiger partial charge is 0.495 e. The summed E-state index contributed by atoms with van der Waals surface area (Å²) in [6.45, 7) is 6.90. The maximum absolute atomic E-state index is 11.1. The van der Waals surface area contributed by atoms with Crippen LogP contribution < -0.4 is 16.4 Å². The molecule has 0 fully saturated rings. The lowest BCUT2D eigenvalue weighted by molar-refractivity contribution is -0.118. The van der Waals surface area contributed by atoms with E-state index in [-0.39, 0.29) is 5.91 Å². The molecule has 154 valence electrons. The van der Waals surface area contributed by atoms with Crippen LogP contribution in [0.5, 0.6) is 0 Å². The van der Waals surface area contributed by atoms with Gasteiger partial charge in [0.1, 0.15) is 18.2 Å². The standard InChI is InChI=1S/C22H29N5O2/c1-4-9-16(2)29-15-8-12-19-20(23)26-21(18-10-6-5-7-11-18)27-22(19)25-14-13-24-17(3)28/h5-12H,4,13-15H2,1-3H3,(H,24,28)(H3,23,25,26,27)/b12-8+,16-9+. The van der Waals surface area contributed by atoms with E-state index in [2.05, 4.69) is 27.5 Å². The minimum atomic E-state index is -0.0771. The number of aromatic nitrogens is 2. The van der Waals surface area contributed by atoms with Crippen molar-refractivity contribution in [2.75, 3.05) is 30.7 Å². The molecular weight excluding hydrogens is 366 g/mol. The number of anilines is 2. The van der Waals surface area contributed by atoms with E-state index in [1.54, 1.807) is 0 Å². The zero-order valence-corrected chi connectivity index (χ0v) is 17.2. The molecule has 0 radical (unpaired) electrons. The molecule has 2 rings (SSSR count). The van der Waals surface area contributed by atoms with Crippen LogP contribution in [0.4, 0.5) is 11.6 Å². The van der Waals surface area contributed by atoms with Gasteiger partial charge in [0, 0.05) is 25.6 Å². The molecule has 29 heavy (non-hydrogen) atoms. The van der Waals surface area contributed by atoms with Gasteiger partial charge in [-0.25, -0.2) is 9.97 Å². The molecule has 0 unspecified atom stereocenters. The van der Waals surface area contributed by atoms with E-state index in [0.717, 1.165) is 17.7 Å². The maximum Gasteiger partial charge on any atom is 0.216 e. The van der Waals surface area contributed by atoms with Gasteiger partial charge in [-0.2, -0.15) is 0 Å². The molecule has 2 aromatic rings. The zero-order valence-electron chi connectivity index (χ0n) is 17.2. The van der Waals surface area contributed by atoms with E-state index >= 15 is 0 Å². The number of nitrogens with two attached hydrogens (primary N) is 1. The Bertz CT molecular complexity index is 863. The first kappa shape index (κ1) is 21.9. The molecule has 1 aromatic carbocycles. The van der Waals surface area contributed by atoms with Crippen LogP contribution in [0.25, 0.3) is 17.5 Å². The van der Waals surface area contributed by atoms with Gasteiger partial charge >= 0.3 is 0 Å². The van der Waals surface area contributed by atoms with Gasteiger partial charge in [-0.1, -0.05) is 37.3 Å². The number of rotatable bonds is 10. The average molecular weight is 396 g/mol. The number of hydrogen-bond acceptors (Lipinski definition) is 6. The number of carbonyl (C=O) groups is 1. The Labute approximate surface area is 172 Å². The molecule has 0 aliphatic heterocycles. The van der Waals surface area contributed by atoms with E-state index < -0.39 is 0 Å². The van der Waals surface area contributed by atoms with Gasteiger partial charge in [-0.05, 0) is 31.6 Å². The van der Waals surface area contributed by atoms with Gasteiger partial charge in [0.05, 0.1) is 11.3 Å². The summed E-state index contributed by atoms with van der Waals surface area (Å²) in [5.74, 6) is 2.33. The number of nitrogens with one attached hydrogen (secondary N) is 2. The molecule has 1 amide bonds. The third-order valence-electron chi connectivity index (χ3n) is 3.98. The highest BCUT2D eigenvalue weighted by atomic mass is 16.5. The first-order chi connectivity index (χ1) is 14.0. The molecule has 7 heteroatoms. The van der Waals surface area contributed by atoms with Crippen LogP contribution in [0.15, 0.2) is 48.2 Å². The predicted molar refractivity (Wildman–Crippen MR) is 118 cm³/mol. The number of benzene rings is 1. The maximum atomic E-state index is 11.1. The van der Waals surface area contributed by atoms with Crippen molar-refractivity contribution >= 4 is 23.6 Å². The lowest BCUT2D eigenvalue weighted by Crippen LogP contribution is -2.26. The summed E-state index contributed by atoms with van der Waals surface area (Å²) in [5, 5.41) is 5.99. The number of ether oxygens (including phenoxy) is 1. The molecule has 1 heterocycles. The first-order valence-electron chi connectivity index (χ1n) is 9.68. The van der Waals surface area contributed by atoms with E-state index in [9.17, 15) is 4.79 Å². The molecule has 4 N–H and O–H groups in total. The van der Waals surface area contributed by atoms with Crippen LogP contribution in [0.2, 0.25) is 0 Å². The molecule has 1 aromatic heterocycles. The topological polar surface area (TPSA) is 102 Å². The Kier molecular flexibility index (Phi) is 8.69. The summed E-state index contributed by atoms with van der Waals surface area (Å²) < 4.78 is 5.63. The van der Waals surface area contributed by atoms with Crippen LogP contribution in [0.3, 0.4) is 0 Å². The fraction of sp³-hybridized carbons (Fsp3) is 0.318. The second-order valence-electron chi connectivity index (χ2n) is 6.41. The van der Waals surface area contributed by atoms with E-state index in [0.29, 0.717) is 42.7 Å². The first-order valence-corrected chi connectivity index (χ1v) is 9.68. The summed E-state index contributed by atoms with van der Waals surface area (Å²) in [4.78, 5) is 20.2. The van der Waals surface area contributed by atoms with Crippen molar-refractivity contribution in [2.45, 2.75) is 27.2 Å². The highest BCUT2D eigenvalue weighted by Gasteiger charge is 2.11.